The fourth-order valence-corrected chi connectivity index (χ4v) is 4.73. The van der Waals surface area contributed by atoms with Crippen LogP contribution in [0.4, 0.5) is 0 Å². The fourth-order valence-electron chi connectivity index (χ4n) is 4.73. The highest BCUT2D eigenvalue weighted by Gasteiger charge is 2.16. The summed E-state index contributed by atoms with van der Waals surface area (Å²) in [5.41, 5.74) is 0. The van der Waals surface area contributed by atoms with Crippen LogP contribution >= 0.6 is 0 Å². The summed E-state index contributed by atoms with van der Waals surface area (Å²) in [6.45, 7) is 9.37. The summed E-state index contributed by atoms with van der Waals surface area (Å²) in [7, 11) is 0. The maximum absolute atomic E-state index is 2.60. The van der Waals surface area contributed by atoms with Crippen molar-refractivity contribution in [2.24, 2.45) is 0 Å². The van der Waals surface area contributed by atoms with Crippen molar-refractivity contribution in [2.45, 2.75) is 169 Å². The molecule has 0 fully saturated rings. The first-order chi connectivity index (χ1) is 15.3. The highest BCUT2D eigenvalue weighted by Crippen LogP contribution is 2.13. The Morgan fingerprint density at radius 3 is 1.55 bits per heavy atom. The Bertz CT molecular complexity index is 457. The molecule has 0 unspecified atom stereocenters. The molecular weight excluding hydrogens is 376 g/mol. The van der Waals surface area contributed by atoms with E-state index in [2.05, 4.69) is 42.3 Å². The van der Waals surface area contributed by atoms with E-state index in [1.807, 2.05) is 0 Å². The van der Waals surface area contributed by atoms with Gasteiger partial charge in [-0.25, -0.2) is 9.13 Å². The zero-order valence-electron chi connectivity index (χ0n) is 21.8. The number of aromatic nitrogens is 2. The van der Waals surface area contributed by atoms with Gasteiger partial charge < -0.3 is 0 Å². The average molecular weight is 434 g/mol. The van der Waals surface area contributed by atoms with Crippen LogP contribution in [-0.2, 0) is 19.5 Å². The van der Waals surface area contributed by atoms with E-state index in [0.717, 1.165) is 0 Å². The molecule has 1 rings (SSSR count). The minimum atomic E-state index is 1.22. The smallest absolute Gasteiger partial charge is 0.234 e. The number of aryl methyl sites for hydroxylation is 2. The van der Waals surface area contributed by atoms with Crippen molar-refractivity contribution in [1.82, 2.24) is 4.57 Å². The van der Waals surface area contributed by atoms with E-state index < -0.39 is 0 Å². The number of imidazole rings is 1. The van der Waals surface area contributed by atoms with Crippen LogP contribution in [-0.4, -0.2) is 4.57 Å². The first-order valence-electron chi connectivity index (χ1n) is 14.4. The predicted molar refractivity (Wildman–Crippen MR) is 138 cm³/mol. The molecule has 0 aliphatic heterocycles. The van der Waals surface area contributed by atoms with Crippen LogP contribution in [0.1, 0.15) is 155 Å². The molecule has 1 aromatic rings. The number of rotatable bonds is 23. The Hall–Kier alpha value is -0.790. The molecule has 31 heavy (non-hydrogen) atoms. The maximum Gasteiger partial charge on any atom is 0.256 e. The van der Waals surface area contributed by atoms with Gasteiger partial charge in [-0.3, -0.25) is 0 Å². The lowest BCUT2D eigenvalue weighted by molar-refractivity contribution is -0.704. The highest BCUT2D eigenvalue weighted by atomic mass is 15.1. The van der Waals surface area contributed by atoms with Gasteiger partial charge >= 0.3 is 0 Å². The van der Waals surface area contributed by atoms with Crippen LogP contribution in [0.5, 0.6) is 0 Å². The molecule has 0 aliphatic carbocycles. The van der Waals surface area contributed by atoms with Crippen molar-refractivity contribution in [2.75, 3.05) is 0 Å². The van der Waals surface area contributed by atoms with Gasteiger partial charge in [-0.15, -0.1) is 0 Å². The van der Waals surface area contributed by atoms with E-state index in [4.69, 9.17) is 0 Å². The minimum absolute atomic E-state index is 1.22. The lowest BCUT2D eigenvalue weighted by Gasteiger charge is -2.07. The van der Waals surface area contributed by atoms with E-state index in [-0.39, 0.29) is 0 Å². The van der Waals surface area contributed by atoms with Crippen molar-refractivity contribution < 1.29 is 4.57 Å². The summed E-state index contributed by atoms with van der Waals surface area (Å²) in [5.74, 6) is 1.60. The summed E-state index contributed by atoms with van der Waals surface area (Å²) < 4.78 is 5.19. The largest absolute Gasteiger partial charge is 0.256 e. The van der Waals surface area contributed by atoms with E-state index in [0.29, 0.717) is 0 Å². The molecule has 0 aliphatic rings. The molecule has 0 radical (unpaired) electrons. The molecule has 2 nitrogen and oxygen atoms in total. The summed E-state index contributed by atoms with van der Waals surface area (Å²) in [6, 6.07) is 0. The van der Waals surface area contributed by atoms with Crippen LogP contribution in [0.25, 0.3) is 0 Å². The van der Waals surface area contributed by atoms with Gasteiger partial charge in [0.1, 0.15) is 12.4 Å². The first-order valence-corrected chi connectivity index (χ1v) is 14.4. The van der Waals surface area contributed by atoms with Crippen molar-refractivity contribution in [1.29, 1.82) is 0 Å². The van der Waals surface area contributed by atoms with Crippen LogP contribution < -0.4 is 4.57 Å². The zero-order chi connectivity index (χ0) is 22.4. The molecule has 0 saturated carbocycles. The van der Waals surface area contributed by atoms with Gasteiger partial charge in [0.25, 0.3) is 5.82 Å². The third-order valence-electron chi connectivity index (χ3n) is 6.85. The monoisotopic (exact) mass is 433 g/mol. The van der Waals surface area contributed by atoms with Crippen molar-refractivity contribution in [3.05, 3.63) is 18.2 Å². The summed E-state index contributed by atoms with van der Waals surface area (Å²) in [4.78, 5) is 0. The van der Waals surface area contributed by atoms with Gasteiger partial charge in [0.2, 0.25) is 0 Å². The molecule has 0 bridgehead atoms. The molecule has 0 atom stereocenters. The molecule has 2 heteroatoms. The van der Waals surface area contributed by atoms with Crippen LogP contribution in [0, 0.1) is 0 Å². The number of hydrogen-bond donors (Lipinski definition) is 0. The molecule has 0 spiro atoms. The topological polar surface area (TPSA) is 8.81 Å². The Kier molecular flexibility index (Phi) is 19.2. The number of unbranched alkanes of at least 4 members (excludes halogenated alkanes) is 17. The van der Waals surface area contributed by atoms with E-state index >= 15 is 0 Å². The molecule has 0 aromatic carbocycles. The maximum atomic E-state index is 2.60. The van der Waals surface area contributed by atoms with Crippen molar-refractivity contribution in [3.8, 4) is 0 Å². The normalized spacial score (nSPS) is 11.5. The Balaban J connectivity index is 2.40. The molecule has 0 N–H and O–H groups in total. The number of hydrogen-bond acceptors (Lipinski definition) is 0. The van der Waals surface area contributed by atoms with E-state index in [1.54, 1.807) is 5.82 Å². The van der Waals surface area contributed by atoms with Crippen LogP contribution in [0.2, 0.25) is 0 Å². The minimum Gasteiger partial charge on any atom is -0.234 e. The van der Waals surface area contributed by atoms with Gasteiger partial charge in [0.15, 0.2) is 0 Å². The lowest BCUT2D eigenvalue weighted by atomic mass is 10.1. The van der Waals surface area contributed by atoms with Crippen molar-refractivity contribution in [3.63, 3.8) is 0 Å². The van der Waals surface area contributed by atoms with Crippen LogP contribution in [0.15, 0.2) is 12.4 Å². The zero-order valence-corrected chi connectivity index (χ0v) is 21.8. The third-order valence-corrected chi connectivity index (χ3v) is 6.85. The fraction of sp³-hybridized carbons (Fsp3) is 0.897. The third kappa shape index (κ3) is 14.8. The average Bonchev–Trinajstić information content (AvgIpc) is 3.16. The van der Waals surface area contributed by atoms with Gasteiger partial charge in [0, 0.05) is 6.42 Å². The van der Waals surface area contributed by atoms with E-state index in [1.165, 1.54) is 148 Å². The second-order valence-corrected chi connectivity index (χ2v) is 9.86. The molecule has 1 heterocycles. The van der Waals surface area contributed by atoms with E-state index in [9.17, 15) is 0 Å². The van der Waals surface area contributed by atoms with Gasteiger partial charge in [0.05, 0.1) is 13.1 Å². The summed E-state index contributed by atoms with van der Waals surface area (Å²) in [5, 5.41) is 0. The highest BCUT2D eigenvalue weighted by molar-refractivity contribution is 4.84. The first kappa shape index (κ1) is 28.2. The summed E-state index contributed by atoms with van der Waals surface area (Å²) in [6.07, 6.45) is 34.0. The summed E-state index contributed by atoms with van der Waals surface area (Å²) >= 11 is 0. The molecule has 0 amide bonds. The Labute approximate surface area is 196 Å². The predicted octanol–water partition coefficient (Wildman–Crippen LogP) is 9.18. The molecule has 1 aromatic heterocycles. The second kappa shape index (κ2) is 21.1. The molecule has 0 saturated heterocycles. The van der Waals surface area contributed by atoms with Crippen LogP contribution in [0.3, 0.4) is 0 Å². The molecular formula is C29H57N2+. The Morgan fingerprint density at radius 1 is 0.548 bits per heavy atom. The SMILES string of the molecule is CCCCCCCCCCc1n(CCCCCCCC)cc[n+]1CCCCCCCC. The van der Waals surface area contributed by atoms with Crippen molar-refractivity contribution >= 4 is 0 Å². The lowest BCUT2D eigenvalue weighted by Crippen LogP contribution is -2.37. The van der Waals surface area contributed by atoms with Gasteiger partial charge in [-0.2, -0.15) is 0 Å². The van der Waals surface area contributed by atoms with Gasteiger partial charge in [-0.1, -0.05) is 117 Å². The van der Waals surface area contributed by atoms with Gasteiger partial charge in [-0.05, 0) is 32.1 Å². The Morgan fingerprint density at radius 2 is 1.00 bits per heavy atom. The number of nitrogens with zero attached hydrogens (tertiary/aromatic N) is 2. The quantitative estimate of drug-likeness (QED) is 0.120. The second-order valence-electron chi connectivity index (χ2n) is 9.86. The molecule has 182 valence electrons. The standard InChI is InChI=1S/C29H57N2/c1-4-7-10-13-16-17-18-21-24-29-30(25-22-19-14-11-8-5-2)27-28-31(29)26-23-20-15-12-9-6-3/h27-28H,4-26H2,1-3H3/q+1.